The first-order valence-electron chi connectivity index (χ1n) is 7.84. The van der Waals surface area contributed by atoms with Crippen molar-refractivity contribution in [2.45, 2.75) is 38.6 Å². The summed E-state index contributed by atoms with van der Waals surface area (Å²) in [5.41, 5.74) is 2.42. The van der Waals surface area contributed by atoms with E-state index in [0.717, 1.165) is 19.3 Å². The molecule has 1 heterocycles. The van der Waals surface area contributed by atoms with Crippen LogP contribution in [0.4, 0.5) is 0 Å². The molecule has 2 rings (SSSR count). The van der Waals surface area contributed by atoms with E-state index >= 15 is 0 Å². The fraction of sp³-hybridized carbons (Fsp3) is 0.444. The third-order valence-corrected chi connectivity index (χ3v) is 4.11. The molecule has 0 atom stereocenters. The van der Waals surface area contributed by atoms with Crippen LogP contribution in [0.25, 0.3) is 0 Å². The van der Waals surface area contributed by atoms with Gasteiger partial charge in [-0.1, -0.05) is 36.4 Å². The van der Waals surface area contributed by atoms with Crippen molar-refractivity contribution in [2.24, 2.45) is 0 Å². The molecule has 1 fully saturated rings. The SMILES string of the molecule is C=CC(=O)N1CCC(NC(=O)CCc2ccc(C)cc2)CC1. The van der Waals surface area contributed by atoms with E-state index in [-0.39, 0.29) is 17.9 Å². The average molecular weight is 300 g/mol. The van der Waals surface area contributed by atoms with Crippen LogP contribution in [0.1, 0.15) is 30.4 Å². The standard InChI is InChI=1S/C18H24N2O2/c1-3-18(22)20-12-10-16(11-13-20)19-17(21)9-8-15-6-4-14(2)5-7-15/h3-7,16H,1,8-13H2,2H3,(H,19,21). The normalized spacial score (nSPS) is 15.4. The minimum Gasteiger partial charge on any atom is -0.353 e. The topological polar surface area (TPSA) is 49.4 Å². The minimum absolute atomic E-state index is 0.0239. The number of piperidine rings is 1. The van der Waals surface area contributed by atoms with Crippen molar-refractivity contribution in [3.05, 3.63) is 48.0 Å². The zero-order valence-corrected chi connectivity index (χ0v) is 13.2. The van der Waals surface area contributed by atoms with Crippen LogP contribution in [0.5, 0.6) is 0 Å². The van der Waals surface area contributed by atoms with Gasteiger partial charge in [-0.2, -0.15) is 0 Å². The van der Waals surface area contributed by atoms with Crippen molar-refractivity contribution in [3.8, 4) is 0 Å². The Balaban J connectivity index is 1.71. The van der Waals surface area contributed by atoms with Gasteiger partial charge in [0, 0.05) is 25.6 Å². The lowest BCUT2D eigenvalue weighted by Crippen LogP contribution is -2.46. The molecule has 22 heavy (non-hydrogen) atoms. The van der Waals surface area contributed by atoms with Gasteiger partial charge in [0.15, 0.2) is 0 Å². The maximum absolute atomic E-state index is 12.0. The van der Waals surface area contributed by atoms with Crippen LogP contribution in [0, 0.1) is 6.92 Å². The van der Waals surface area contributed by atoms with Crippen molar-refractivity contribution < 1.29 is 9.59 Å². The van der Waals surface area contributed by atoms with Gasteiger partial charge in [-0.25, -0.2) is 0 Å². The number of likely N-dealkylation sites (tertiary alicyclic amines) is 1. The Morgan fingerprint density at radius 1 is 1.27 bits per heavy atom. The van der Waals surface area contributed by atoms with Gasteiger partial charge in [0.25, 0.3) is 0 Å². The number of hydrogen-bond donors (Lipinski definition) is 1. The molecule has 0 radical (unpaired) electrons. The van der Waals surface area contributed by atoms with Gasteiger partial charge >= 0.3 is 0 Å². The molecule has 4 nitrogen and oxygen atoms in total. The highest BCUT2D eigenvalue weighted by molar-refractivity contribution is 5.87. The van der Waals surface area contributed by atoms with Gasteiger partial charge in [0.1, 0.15) is 0 Å². The lowest BCUT2D eigenvalue weighted by molar-refractivity contribution is -0.127. The van der Waals surface area contributed by atoms with Crippen molar-refractivity contribution >= 4 is 11.8 Å². The summed E-state index contributed by atoms with van der Waals surface area (Å²) < 4.78 is 0. The Bertz CT molecular complexity index is 529. The van der Waals surface area contributed by atoms with Crippen LogP contribution in [-0.2, 0) is 16.0 Å². The number of nitrogens with one attached hydrogen (secondary N) is 1. The smallest absolute Gasteiger partial charge is 0.245 e. The quantitative estimate of drug-likeness (QED) is 0.848. The van der Waals surface area contributed by atoms with E-state index in [1.165, 1.54) is 17.2 Å². The second-order valence-electron chi connectivity index (χ2n) is 5.86. The maximum atomic E-state index is 12.0. The number of amides is 2. The molecule has 2 amide bonds. The highest BCUT2D eigenvalue weighted by Gasteiger charge is 2.22. The zero-order chi connectivity index (χ0) is 15.9. The summed E-state index contributed by atoms with van der Waals surface area (Å²) in [6.45, 7) is 6.93. The molecular formula is C18H24N2O2. The fourth-order valence-electron chi connectivity index (χ4n) is 2.69. The van der Waals surface area contributed by atoms with Gasteiger partial charge < -0.3 is 10.2 Å². The Hall–Kier alpha value is -2.10. The number of hydrogen-bond acceptors (Lipinski definition) is 2. The van der Waals surface area contributed by atoms with Crippen LogP contribution >= 0.6 is 0 Å². The van der Waals surface area contributed by atoms with E-state index in [9.17, 15) is 9.59 Å². The van der Waals surface area contributed by atoms with E-state index in [0.29, 0.717) is 19.5 Å². The monoisotopic (exact) mass is 300 g/mol. The third-order valence-electron chi connectivity index (χ3n) is 4.11. The van der Waals surface area contributed by atoms with Crippen molar-refractivity contribution in [3.63, 3.8) is 0 Å². The first kappa shape index (κ1) is 16.3. The number of carbonyl (C=O) groups excluding carboxylic acids is 2. The minimum atomic E-state index is -0.0239. The Labute approximate surface area is 132 Å². The maximum Gasteiger partial charge on any atom is 0.245 e. The van der Waals surface area contributed by atoms with Crippen molar-refractivity contribution in [2.75, 3.05) is 13.1 Å². The van der Waals surface area contributed by atoms with Crippen LogP contribution < -0.4 is 5.32 Å². The molecule has 1 saturated heterocycles. The molecule has 1 aromatic carbocycles. The predicted octanol–water partition coefficient (Wildman–Crippen LogP) is 2.22. The summed E-state index contributed by atoms with van der Waals surface area (Å²) in [4.78, 5) is 25.3. The van der Waals surface area contributed by atoms with E-state index in [2.05, 4.69) is 43.1 Å². The number of benzene rings is 1. The van der Waals surface area contributed by atoms with E-state index in [4.69, 9.17) is 0 Å². The predicted molar refractivity (Wildman–Crippen MR) is 87.4 cm³/mol. The highest BCUT2D eigenvalue weighted by Crippen LogP contribution is 2.11. The summed E-state index contributed by atoms with van der Waals surface area (Å²) in [6.07, 6.45) is 4.25. The lowest BCUT2D eigenvalue weighted by Gasteiger charge is -2.31. The first-order chi connectivity index (χ1) is 10.6. The van der Waals surface area contributed by atoms with Gasteiger partial charge in [-0.05, 0) is 37.8 Å². The second-order valence-corrected chi connectivity index (χ2v) is 5.86. The van der Waals surface area contributed by atoms with Crippen molar-refractivity contribution in [1.82, 2.24) is 10.2 Å². The Morgan fingerprint density at radius 2 is 1.91 bits per heavy atom. The van der Waals surface area contributed by atoms with E-state index in [1.54, 1.807) is 4.90 Å². The van der Waals surface area contributed by atoms with Crippen LogP contribution in [0.3, 0.4) is 0 Å². The van der Waals surface area contributed by atoms with Gasteiger partial charge in [-0.3, -0.25) is 9.59 Å². The fourth-order valence-corrected chi connectivity index (χ4v) is 2.69. The van der Waals surface area contributed by atoms with Gasteiger partial charge in [0.2, 0.25) is 11.8 Å². The van der Waals surface area contributed by atoms with Crippen molar-refractivity contribution in [1.29, 1.82) is 0 Å². The Kier molecular flexibility index (Phi) is 5.75. The number of rotatable bonds is 5. The number of aryl methyl sites for hydroxylation is 2. The zero-order valence-electron chi connectivity index (χ0n) is 13.2. The molecule has 0 spiro atoms. The lowest BCUT2D eigenvalue weighted by atomic mass is 10.0. The van der Waals surface area contributed by atoms with E-state index in [1.807, 2.05) is 0 Å². The molecule has 118 valence electrons. The summed E-state index contributed by atoms with van der Waals surface area (Å²) >= 11 is 0. The molecule has 0 aliphatic carbocycles. The second kappa shape index (κ2) is 7.78. The molecule has 0 bridgehead atoms. The molecule has 4 heteroatoms. The van der Waals surface area contributed by atoms with Gasteiger partial charge in [0.05, 0.1) is 0 Å². The summed E-state index contributed by atoms with van der Waals surface area (Å²) in [5.74, 6) is 0.0678. The molecule has 0 saturated carbocycles. The van der Waals surface area contributed by atoms with Crippen LogP contribution in [-0.4, -0.2) is 35.8 Å². The largest absolute Gasteiger partial charge is 0.353 e. The molecule has 1 aliphatic heterocycles. The van der Waals surface area contributed by atoms with Crippen LogP contribution in [0.15, 0.2) is 36.9 Å². The highest BCUT2D eigenvalue weighted by atomic mass is 16.2. The summed E-state index contributed by atoms with van der Waals surface area (Å²) in [6, 6.07) is 8.46. The van der Waals surface area contributed by atoms with Gasteiger partial charge in [-0.15, -0.1) is 0 Å². The number of nitrogens with zero attached hydrogens (tertiary/aromatic N) is 1. The summed E-state index contributed by atoms with van der Waals surface area (Å²) in [5, 5.41) is 3.08. The Morgan fingerprint density at radius 3 is 2.50 bits per heavy atom. The first-order valence-corrected chi connectivity index (χ1v) is 7.84. The molecule has 1 aliphatic rings. The average Bonchev–Trinajstić information content (AvgIpc) is 2.54. The molecule has 0 unspecified atom stereocenters. The number of carbonyl (C=O) groups is 2. The molecule has 1 N–H and O–H groups in total. The van der Waals surface area contributed by atoms with Crippen LogP contribution in [0.2, 0.25) is 0 Å². The molecular weight excluding hydrogens is 276 g/mol. The molecule has 0 aromatic heterocycles. The third kappa shape index (κ3) is 4.72. The summed E-state index contributed by atoms with van der Waals surface area (Å²) in [7, 11) is 0. The molecule has 1 aromatic rings. The van der Waals surface area contributed by atoms with E-state index < -0.39 is 0 Å².